The van der Waals surface area contributed by atoms with E-state index in [-0.39, 0.29) is 42.9 Å². The first kappa shape index (κ1) is 28.9. The number of amides is 1. The van der Waals surface area contributed by atoms with Gasteiger partial charge in [0.05, 0.1) is 31.8 Å². The Morgan fingerprint density at radius 1 is 1.24 bits per heavy atom. The third-order valence-electron chi connectivity index (χ3n) is 5.49. The Kier molecular flexibility index (Phi) is 11.1. The minimum Gasteiger partial charge on any atom is -0.350 e. The van der Waals surface area contributed by atoms with E-state index in [4.69, 9.17) is 19.0 Å². The second-order valence-electron chi connectivity index (χ2n) is 9.04. The third-order valence-corrected chi connectivity index (χ3v) is 7.57. The van der Waals surface area contributed by atoms with Crippen LogP contribution in [-0.2, 0) is 13.8 Å². The van der Waals surface area contributed by atoms with Crippen LogP contribution in [0.25, 0.3) is 0 Å². The summed E-state index contributed by atoms with van der Waals surface area (Å²) in [7, 11) is -1.39. The van der Waals surface area contributed by atoms with Crippen molar-refractivity contribution in [1.82, 2.24) is 19.5 Å². The highest BCUT2D eigenvalue weighted by Gasteiger charge is 2.30. The van der Waals surface area contributed by atoms with Crippen LogP contribution in [0.5, 0.6) is 0 Å². The van der Waals surface area contributed by atoms with Crippen LogP contribution in [0.15, 0.2) is 47.4 Å². The number of nitrogens with one attached hydrogen (secondary N) is 2. The molecule has 2 aromatic rings. The molecule has 0 spiro atoms. The Hall–Kier alpha value is -2.71. The third kappa shape index (κ3) is 8.40. The summed E-state index contributed by atoms with van der Waals surface area (Å²) in [6.45, 7) is 9.82. The van der Waals surface area contributed by atoms with Crippen LogP contribution in [0.4, 0.5) is 5.82 Å². The van der Waals surface area contributed by atoms with Gasteiger partial charge in [0.15, 0.2) is 6.23 Å². The maximum absolute atomic E-state index is 12.7. The van der Waals surface area contributed by atoms with E-state index in [0.717, 1.165) is 0 Å². The number of carbonyl (C=O) groups is 1. The lowest BCUT2D eigenvalue weighted by Crippen LogP contribution is -2.47. The Bertz CT molecular complexity index is 1100. The number of nitrogens with zero attached hydrogens (tertiary/aromatic N) is 4. The zero-order chi connectivity index (χ0) is 26.8. The monoisotopic (exact) mass is 530 g/mol. The number of aromatic nitrogens is 2. The summed E-state index contributed by atoms with van der Waals surface area (Å²) in [4.78, 5) is 29.1. The molecule has 0 saturated carbocycles. The van der Waals surface area contributed by atoms with E-state index in [1.54, 1.807) is 36.5 Å². The molecule has 0 radical (unpaired) electrons. The normalized spacial score (nSPS) is 18.6. The van der Waals surface area contributed by atoms with Gasteiger partial charge in [-0.3, -0.25) is 9.36 Å². The Morgan fingerprint density at radius 2 is 1.97 bits per heavy atom. The number of benzene rings is 1. The minimum atomic E-state index is -1.39. The minimum absolute atomic E-state index is 0.168. The van der Waals surface area contributed by atoms with Gasteiger partial charge in [-0.25, -0.2) is 9.46 Å². The quantitative estimate of drug-likeness (QED) is 0.314. The molecule has 1 saturated heterocycles. The van der Waals surface area contributed by atoms with E-state index in [2.05, 4.69) is 54.1 Å². The van der Waals surface area contributed by atoms with Gasteiger partial charge in [-0.15, -0.1) is 0 Å². The molecule has 1 fully saturated rings. The lowest BCUT2D eigenvalue weighted by atomic mass is 10.2. The summed E-state index contributed by atoms with van der Waals surface area (Å²) >= 11 is 0. The molecule has 2 unspecified atom stereocenters. The van der Waals surface area contributed by atoms with E-state index < -0.39 is 20.4 Å². The molecule has 0 bridgehead atoms. The number of rotatable bonds is 12. The molecule has 11 nitrogen and oxygen atoms in total. The summed E-state index contributed by atoms with van der Waals surface area (Å²) in [5.41, 5.74) is -0.0618. The topological polar surface area (TPSA) is 131 Å². The van der Waals surface area contributed by atoms with Crippen molar-refractivity contribution in [3.63, 3.8) is 0 Å². The standard InChI is InChI=1S/C25H35N6O5P/c1-18(2)31(19(3)4)37(34-14-8-12-26)35-17-21-15-27-16-23(36-21)30-13-11-22(29-25(30)33)28-24(32)20-9-6-5-7-10-20/h5-7,9-11,13,18-19,21,23,27H,8,14-17H2,1-4H3,(H,28,29,32,33)/t21?,23-,37?/m1/s1. The SMILES string of the molecule is CC(C)N(C(C)C)P(OCCC#N)OCC1CNC[C@H](n2ccc(NC(=O)c3ccccc3)nc2=O)O1. The number of hydrogen-bond donors (Lipinski definition) is 2. The predicted molar refractivity (Wildman–Crippen MR) is 141 cm³/mol. The molecule has 1 aliphatic rings. The molecule has 37 heavy (non-hydrogen) atoms. The first-order valence-corrected chi connectivity index (χ1v) is 13.5. The number of hydrogen-bond acceptors (Lipinski definition) is 9. The van der Waals surface area contributed by atoms with Gasteiger partial charge in [0.2, 0.25) is 0 Å². The molecule has 2 heterocycles. The first-order chi connectivity index (χ1) is 17.8. The first-order valence-electron chi connectivity index (χ1n) is 12.3. The number of anilines is 1. The molecule has 1 aliphatic heterocycles. The summed E-state index contributed by atoms with van der Waals surface area (Å²) in [6.07, 6.45) is 0.933. The van der Waals surface area contributed by atoms with Crippen LogP contribution < -0.4 is 16.3 Å². The average Bonchev–Trinajstić information content (AvgIpc) is 2.87. The van der Waals surface area contributed by atoms with Gasteiger partial charge in [0.1, 0.15) is 5.82 Å². The smallest absolute Gasteiger partial charge is 0.350 e. The van der Waals surface area contributed by atoms with Crippen molar-refractivity contribution in [2.75, 3.05) is 31.6 Å². The maximum atomic E-state index is 12.7. The molecule has 12 heteroatoms. The molecule has 1 amide bonds. The van der Waals surface area contributed by atoms with Crippen molar-refractivity contribution < 1.29 is 18.6 Å². The predicted octanol–water partition coefficient (Wildman–Crippen LogP) is 3.28. The van der Waals surface area contributed by atoms with Gasteiger partial charge in [-0.2, -0.15) is 10.2 Å². The highest BCUT2D eigenvalue weighted by atomic mass is 31.2. The lowest BCUT2D eigenvalue weighted by Gasteiger charge is -2.37. The van der Waals surface area contributed by atoms with E-state index in [1.165, 1.54) is 4.57 Å². The number of carbonyl (C=O) groups excluding carboxylic acids is 1. The Labute approximate surface area is 218 Å². The van der Waals surface area contributed by atoms with Crippen LogP contribution >= 0.6 is 8.53 Å². The molecule has 2 N–H and O–H groups in total. The van der Waals surface area contributed by atoms with E-state index in [1.807, 2.05) is 6.07 Å². The number of ether oxygens (including phenoxy) is 1. The summed E-state index contributed by atoms with van der Waals surface area (Å²) in [5, 5.41) is 14.8. The lowest BCUT2D eigenvalue weighted by molar-refractivity contribution is -0.0943. The van der Waals surface area contributed by atoms with Gasteiger partial charge in [0.25, 0.3) is 14.4 Å². The average molecular weight is 531 g/mol. The molecule has 3 atom stereocenters. The van der Waals surface area contributed by atoms with Gasteiger partial charge in [0, 0.05) is 36.9 Å². The van der Waals surface area contributed by atoms with Crippen molar-refractivity contribution in [1.29, 1.82) is 5.26 Å². The van der Waals surface area contributed by atoms with Crippen molar-refractivity contribution >= 4 is 20.3 Å². The van der Waals surface area contributed by atoms with Crippen molar-refractivity contribution in [2.24, 2.45) is 0 Å². The van der Waals surface area contributed by atoms with Crippen molar-refractivity contribution in [3.8, 4) is 6.07 Å². The van der Waals surface area contributed by atoms with E-state index in [9.17, 15) is 9.59 Å². The molecule has 3 rings (SSSR count). The van der Waals surface area contributed by atoms with Crippen LogP contribution in [0.3, 0.4) is 0 Å². The largest absolute Gasteiger partial charge is 0.351 e. The Balaban J connectivity index is 1.62. The second kappa shape index (κ2) is 14.3. The second-order valence-corrected chi connectivity index (χ2v) is 10.5. The highest BCUT2D eigenvalue weighted by Crippen LogP contribution is 2.46. The van der Waals surface area contributed by atoms with E-state index >= 15 is 0 Å². The highest BCUT2D eigenvalue weighted by molar-refractivity contribution is 7.44. The molecular formula is C25H35N6O5P. The molecule has 1 aromatic carbocycles. The summed E-state index contributed by atoms with van der Waals surface area (Å²) in [5.74, 6) is -0.176. The van der Waals surface area contributed by atoms with Crippen LogP contribution in [0.1, 0.15) is 50.7 Å². The van der Waals surface area contributed by atoms with Gasteiger partial charge in [-0.05, 0) is 45.9 Å². The Morgan fingerprint density at radius 3 is 2.62 bits per heavy atom. The van der Waals surface area contributed by atoms with Crippen LogP contribution in [0.2, 0.25) is 0 Å². The molecular weight excluding hydrogens is 495 g/mol. The zero-order valence-corrected chi connectivity index (χ0v) is 22.6. The van der Waals surface area contributed by atoms with Gasteiger partial charge < -0.3 is 24.4 Å². The number of morpholine rings is 1. The molecule has 1 aromatic heterocycles. The fraction of sp³-hybridized carbons (Fsp3) is 0.520. The van der Waals surface area contributed by atoms with Crippen LogP contribution in [0, 0.1) is 11.3 Å². The summed E-state index contributed by atoms with van der Waals surface area (Å²) < 4.78 is 21.8. The van der Waals surface area contributed by atoms with Crippen molar-refractivity contribution in [3.05, 3.63) is 58.6 Å². The van der Waals surface area contributed by atoms with E-state index in [0.29, 0.717) is 25.3 Å². The maximum Gasteiger partial charge on any atom is 0.351 e. The number of nitriles is 1. The fourth-order valence-corrected chi connectivity index (χ4v) is 5.52. The molecule has 0 aliphatic carbocycles. The van der Waals surface area contributed by atoms with Crippen LogP contribution in [-0.4, -0.2) is 64.6 Å². The zero-order valence-electron chi connectivity index (χ0n) is 21.7. The summed E-state index contributed by atoms with van der Waals surface area (Å²) in [6, 6.07) is 12.8. The van der Waals surface area contributed by atoms with Gasteiger partial charge in [-0.1, -0.05) is 18.2 Å². The fourth-order valence-electron chi connectivity index (χ4n) is 3.89. The van der Waals surface area contributed by atoms with Gasteiger partial charge >= 0.3 is 5.69 Å². The molecule has 200 valence electrons. The van der Waals surface area contributed by atoms with Crippen molar-refractivity contribution in [2.45, 2.75) is 58.5 Å².